The number of aryl methyl sites for hydroxylation is 2. The van der Waals surface area contributed by atoms with E-state index in [0.29, 0.717) is 17.1 Å². The summed E-state index contributed by atoms with van der Waals surface area (Å²) in [6, 6.07) is -1.47. The van der Waals surface area contributed by atoms with Crippen LogP contribution in [0.5, 0.6) is 0 Å². The van der Waals surface area contributed by atoms with Gasteiger partial charge < -0.3 is 19.9 Å². The van der Waals surface area contributed by atoms with E-state index in [0.717, 1.165) is 0 Å². The predicted octanol–water partition coefficient (Wildman–Crippen LogP) is 0.863. The van der Waals surface area contributed by atoms with Gasteiger partial charge in [-0.1, -0.05) is 0 Å². The Kier molecular flexibility index (Phi) is 4.31. The second-order valence-electron chi connectivity index (χ2n) is 4.18. The average Bonchev–Trinajstić information content (AvgIpc) is 2.51. The van der Waals surface area contributed by atoms with Crippen molar-refractivity contribution < 1.29 is 29.0 Å². The summed E-state index contributed by atoms with van der Waals surface area (Å²) in [5, 5.41) is 19.6. The van der Waals surface area contributed by atoms with E-state index in [1.165, 1.54) is 0 Å². The van der Waals surface area contributed by atoms with Gasteiger partial charge in [0.2, 0.25) is 0 Å². The van der Waals surface area contributed by atoms with Crippen LogP contribution in [0.2, 0.25) is 0 Å². The summed E-state index contributed by atoms with van der Waals surface area (Å²) in [5.41, 5.74) is 0.851. The molecule has 1 atom stereocenters. The van der Waals surface area contributed by atoms with Crippen LogP contribution in [-0.4, -0.2) is 34.1 Å². The first kappa shape index (κ1) is 14.7. The lowest BCUT2D eigenvalue weighted by Gasteiger charge is -2.12. The predicted molar refractivity (Wildman–Crippen MR) is 64.1 cm³/mol. The third-order valence-electron chi connectivity index (χ3n) is 2.77. The molecular formula is C12H15NO6. The molecule has 3 N–H and O–H groups in total. The lowest BCUT2D eigenvalue weighted by Crippen LogP contribution is -2.42. The van der Waals surface area contributed by atoms with Gasteiger partial charge in [0.1, 0.15) is 17.6 Å². The number of rotatable bonds is 5. The maximum Gasteiger partial charge on any atom is 0.326 e. The Morgan fingerprint density at radius 1 is 1.16 bits per heavy atom. The summed E-state index contributed by atoms with van der Waals surface area (Å²) < 4.78 is 5.26. The summed E-state index contributed by atoms with van der Waals surface area (Å²) in [5.74, 6) is -2.42. The molecule has 0 saturated heterocycles. The molecule has 1 unspecified atom stereocenters. The highest BCUT2D eigenvalue weighted by Crippen LogP contribution is 2.20. The first-order valence-corrected chi connectivity index (χ1v) is 5.56. The van der Waals surface area contributed by atoms with Crippen molar-refractivity contribution in [2.75, 3.05) is 0 Å². The number of carbonyl (C=O) groups is 3. The fraction of sp³-hybridized carbons (Fsp3) is 0.417. The largest absolute Gasteiger partial charge is 0.481 e. The molecule has 0 bridgehead atoms. The van der Waals surface area contributed by atoms with Crippen LogP contribution in [0.25, 0.3) is 0 Å². The summed E-state index contributed by atoms with van der Waals surface area (Å²) in [4.78, 5) is 33.4. The van der Waals surface area contributed by atoms with Gasteiger partial charge in [0.25, 0.3) is 5.91 Å². The molecule has 7 nitrogen and oxygen atoms in total. The molecular weight excluding hydrogens is 254 g/mol. The Balaban J connectivity index is 2.94. The van der Waals surface area contributed by atoms with Crippen molar-refractivity contribution in [3.63, 3.8) is 0 Å². The lowest BCUT2D eigenvalue weighted by molar-refractivity contribution is -0.145. The summed E-state index contributed by atoms with van der Waals surface area (Å²) in [6.07, 6.45) is -0.685. The van der Waals surface area contributed by atoms with Gasteiger partial charge in [0, 0.05) is 5.56 Å². The Morgan fingerprint density at radius 2 is 1.74 bits per heavy atom. The van der Waals surface area contributed by atoms with Crippen molar-refractivity contribution in [3.8, 4) is 0 Å². The molecule has 19 heavy (non-hydrogen) atoms. The van der Waals surface area contributed by atoms with Crippen molar-refractivity contribution in [2.45, 2.75) is 33.2 Å². The van der Waals surface area contributed by atoms with Crippen LogP contribution in [0.4, 0.5) is 0 Å². The minimum absolute atomic E-state index is 0.245. The van der Waals surface area contributed by atoms with Crippen LogP contribution < -0.4 is 5.32 Å². The number of carbonyl (C=O) groups excluding carboxylic acids is 1. The van der Waals surface area contributed by atoms with E-state index in [1.54, 1.807) is 20.8 Å². The first-order chi connectivity index (χ1) is 8.73. The lowest BCUT2D eigenvalue weighted by atomic mass is 10.1. The highest BCUT2D eigenvalue weighted by Gasteiger charge is 2.26. The fourth-order valence-corrected chi connectivity index (χ4v) is 1.73. The maximum absolute atomic E-state index is 12.0. The second kappa shape index (κ2) is 5.55. The smallest absolute Gasteiger partial charge is 0.326 e. The number of carboxylic acids is 2. The molecule has 0 aliphatic heterocycles. The Labute approximate surface area is 109 Å². The van der Waals surface area contributed by atoms with Crippen molar-refractivity contribution >= 4 is 17.8 Å². The SMILES string of the molecule is Cc1oc(C)c(C(=O)NC(CC(=O)O)C(=O)O)c1C. The number of furan rings is 1. The minimum atomic E-state index is -1.47. The zero-order chi connectivity index (χ0) is 14.7. The molecule has 0 aliphatic rings. The molecule has 0 spiro atoms. The number of nitrogens with one attached hydrogen (secondary N) is 1. The van der Waals surface area contributed by atoms with Crippen molar-refractivity contribution in [3.05, 3.63) is 22.6 Å². The van der Waals surface area contributed by atoms with E-state index in [4.69, 9.17) is 14.6 Å². The molecule has 1 amide bonds. The van der Waals surface area contributed by atoms with Crippen molar-refractivity contribution in [2.24, 2.45) is 0 Å². The highest BCUT2D eigenvalue weighted by atomic mass is 16.4. The second-order valence-corrected chi connectivity index (χ2v) is 4.18. The van der Waals surface area contributed by atoms with Gasteiger partial charge in [-0.25, -0.2) is 4.79 Å². The van der Waals surface area contributed by atoms with Gasteiger partial charge >= 0.3 is 11.9 Å². The minimum Gasteiger partial charge on any atom is -0.481 e. The zero-order valence-corrected chi connectivity index (χ0v) is 10.8. The van der Waals surface area contributed by atoms with E-state index in [2.05, 4.69) is 5.32 Å². The molecule has 1 aromatic heterocycles. The van der Waals surface area contributed by atoms with Crippen molar-refractivity contribution in [1.82, 2.24) is 5.32 Å². The molecule has 7 heteroatoms. The molecule has 0 radical (unpaired) electrons. The summed E-state index contributed by atoms with van der Waals surface area (Å²) in [6.45, 7) is 4.95. The first-order valence-electron chi connectivity index (χ1n) is 5.56. The number of aliphatic carboxylic acids is 2. The van der Waals surface area contributed by atoms with Crippen LogP contribution >= 0.6 is 0 Å². The van der Waals surface area contributed by atoms with Crippen LogP contribution in [0, 0.1) is 20.8 Å². The third kappa shape index (κ3) is 3.34. The van der Waals surface area contributed by atoms with Crippen LogP contribution in [0.15, 0.2) is 4.42 Å². The number of carboxylic acid groups (broad SMARTS) is 2. The number of hydrogen-bond acceptors (Lipinski definition) is 4. The molecule has 0 fully saturated rings. The van der Waals surface area contributed by atoms with E-state index in [-0.39, 0.29) is 5.56 Å². The molecule has 1 aromatic rings. The zero-order valence-electron chi connectivity index (χ0n) is 10.8. The van der Waals surface area contributed by atoms with E-state index in [1.807, 2.05) is 0 Å². The molecule has 0 saturated carbocycles. The summed E-state index contributed by atoms with van der Waals surface area (Å²) >= 11 is 0. The average molecular weight is 269 g/mol. The van der Waals surface area contributed by atoms with Gasteiger partial charge in [-0.3, -0.25) is 9.59 Å². The maximum atomic E-state index is 12.0. The van der Waals surface area contributed by atoms with Gasteiger partial charge in [-0.2, -0.15) is 0 Å². The Bertz CT molecular complexity index is 531. The van der Waals surface area contributed by atoms with E-state index >= 15 is 0 Å². The molecule has 1 heterocycles. The van der Waals surface area contributed by atoms with Gasteiger partial charge in [-0.05, 0) is 20.8 Å². The van der Waals surface area contributed by atoms with Crippen LogP contribution in [0.3, 0.4) is 0 Å². The third-order valence-corrected chi connectivity index (χ3v) is 2.77. The normalized spacial score (nSPS) is 11.9. The van der Waals surface area contributed by atoms with Crippen LogP contribution in [0.1, 0.15) is 33.9 Å². The topological polar surface area (TPSA) is 117 Å². The number of hydrogen-bond donors (Lipinski definition) is 3. The monoisotopic (exact) mass is 269 g/mol. The van der Waals surface area contributed by atoms with Crippen molar-refractivity contribution in [1.29, 1.82) is 0 Å². The summed E-state index contributed by atoms with van der Waals surface area (Å²) in [7, 11) is 0. The standard InChI is InChI=1S/C12H15NO6/c1-5-6(2)19-7(3)10(5)11(16)13-8(12(17)18)4-9(14)15/h8H,4H2,1-3H3,(H,13,16)(H,14,15)(H,17,18). The van der Waals surface area contributed by atoms with E-state index < -0.39 is 30.3 Å². The Hall–Kier alpha value is -2.31. The molecule has 1 rings (SSSR count). The highest BCUT2D eigenvalue weighted by molar-refractivity contribution is 5.99. The Morgan fingerprint density at radius 3 is 2.11 bits per heavy atom. The molecule has 0 aromatic carbocycles. The van der Waals surface area contributed by atoms with Gasteiger partial charge in [-0.15, -0.1) is 0 Å². The van der Waals surface area contributed by atoms with Gasteiger partial charge in [0.15, 0.2) is 0 Å². The quantitative estimate of drug-likeness (QED) is 0.730. The fourth-order valence-electron chi connectivity index (χ4n) is 1.73. The molecule has 0 aliphatic carbocycles. The van der Waals surface area contributed by atoms with E-state index in [9.17, 15) is 14.4 Å². The number of amides is 1. The molecule has 104 valence electrons. The van der Waals surface area contributed by atoms with Crippen LogP contribution in [-0.2, 0) is 9.59 Å². The van der Waals surface area contributed by atoms with Gasteiger partial charge in [0.05, 0.1) is 12.0 Å².